The molecular weight excluding hydrogens is 432 g/mol. The van der Waals surface area contributed by atoms with E-state index in [2.05, 4.69) is 115 Å². The smallest absolute Gasteiger partial charge is 0.0182 e. The van der Waals surface area contributed by atoms with E-state index in [1.54, 1.807) is 12.2 Å². The van der Waals surface area contributed by atoms with Gasteiger partial charge >= 0.3 is 0 Å². The summed E-state index contributed by atoms with van der Waals surface area (Å²) in [5.74, 6) is 5.35. The van der Waals surface area contributed by atoms with Gasteiger partial charge in [0.25, 0.3) is 0 Å². The van der Waals surface area contributed by atoms with Crippen LogP contribution in [0.25, 0.3) is 0 Å². The minimum Gasteiger partial charge on any atom is -0.103 e. The molecule has 0 aliphatic rings. The van der Waals surface area contributed by atoms with Crippen LogP contribution in [0.15, 0.2) is 100 Å². The maximum absolute atomic E-state index is 3.89. The Balaban J connectivity index is -0.000000117. The highest BCUT2D eigenvalue weighted by Crippen LogP contribution is 2.28. The molecule has 5 atom stereocenters. The summed E-state index contributed by atoms with van der Waals surface area (Å²) < 4.78 is 0. The van der Waals surface area contributed by atoms with Gasteiger partial charge in [0.1, 0.15) is 0 Å². The standard InChI is InChI=1S/C12H22.2C7H14.2C5H8/c1-7-10(5)11(6)12(8-2)9(3)4;2*1-5-7(4)6(2)3;2*1-3-5-4-2/h7-12H,1-2H2,3-6H3;2*5-7H,1H2,2-4H3;2*3-5H,1H2,2H3/b;;;5-4+;5-4-. The van der Waals surface area contributed by atoms with Crippen LogP contribution < -0.4 is 0 Å². The second-order valence-corrected chi connectivity index (χ2v) is 10.2. The molecule has 0 bridgehead atoms. The third-order valence-corrected chi connectivity index (χ3v) is 6.35. The van der Waals surface area contributed by atoms with Crippen molar-refractivity contribution in [1.82, 2.24) is 0 Å². The van der Waals surface area contributed by atoms with Gasteiger partial charge in [-0.25, -0.2) is 0 Å². The first-order valence-electron chi connectivity index (χ1n) is 13.7. The molecule has 0 saturated heterocycles. The topological polar surface area (TPSA) is 0 Å². The van der Waals surface area contributed by atoms with E-state index in [-0.39, 0.29) is 0 Å². The summed E-state index contributed by atoms with van der Waals surface area (Å²) in [6.45, 7) is 48.1. The van der Waals surface area contributed by atoms with Crippen molar-refractivity contribution < 1.29 is 0 Å². The van der Waals surface area contributed by atoms with Gasteiger partial charge in [-0.2, -0.15) is 0 Å². The quantitative estimate of drug-likeness (QED) is 0.196. The molecule has 0 nitrogen and oxygen atoms in total. The first kappa shape index (κ1) is 44.0. The van der Waals surface area contributed by atoms with E-state index in [0.717, 1.165) is 11.8 Å². The molecular formula is C36H66. The highest BCUT2D eigenvalue weighted by atomic mass is 14.3. The van der Waals surface area contributed by atoms with Gasteiger partial charge in [0, 0.05) is 0 Å². The van der Waals surface area contributed by atoms with E-state index < -0.39 is 0 Å². The van der Waals surface area contributed by atoms with Gasteiger partial charge in [0.05, 0.1) is 0 Å². The molecule has 0 aliphatic carbocycles. The normalized spacial score (nSPS) is 14.2. The van der Waals surface area contributed by atoms with Crippen LogP contribution in [0.3, 0.4) is 0 Å². The molecule has 0 radical (unpaired) electrons. The Hall–Kier alpha value is -2.08. The van der Waals surface area contributed by atoms with Crippen LogP contribution in [-0.4, -0.2) is 0 Å². The maximum Gasteiger partial charge on any atom is -0.0182 e. The highest BCUT2D eigenvalue weighted by Gasteiger charge is 2.20. The monoisotopic (exact) mass is 499 g/mol. The van der Waals surface area contributed by atoms with Gasteiger partial charge < -0.3 is 0 Å². The van der Waals surface area contributed by atoms with Crippen molar-refractivity contribution in [2.24, 2.45) is 47.3 Å². The summed E-state index contributed by atoms with van der Waals surface area (Å²) in [4.78, 5) is 0. The molecule has 0 spiro atoms. The van der Waals surface area contributed by atoms with Crippen LogP contribution in [0.2, 0.25) is 0 Å². The summed E-state index contributed by atoms with van der Waals surface area (Å²) in [6, 6.07) is 0. The van der Waals surface area contributed by atoms with Crippen LogP contribution >= 0.6 is 0 Å². The molecule has 0 aliphatic heterocycles. The van der Waals surface area contributed by atoms with Crippen molar-refractivity contribution >= 4 is 0 Å². The van der Waals surface area contributed by atoms with E-state index in [4.69, 9.17) is 0 Å². The average molecular weight is 499 g/mol. The highest BCUT2D eigenvalue weighted by molar-refractivity contribution is 4.95. The van der Waals surface area contributed by atoms with Crippen LogP contribution in [0.1, 0.15) is 83.1 Å². The minimum absolute atomic E-state index is 0.579. The van der Waals surface area contributed by atoms with Crippen molar-refractivity contribution in [2.75, 3.05) is 0 Å². The van der Waals surface area contributed by atoms with Gasteiger partial charge in [-0.15, -0.1) is 26.3 Å². The molecule has 36 heavy (non-hydrogen) atoms. The molecule has 0 saturated carbocycles. The SMILES string of the molecule is C=C/C=C/C.C=C/C=C\C.C=CC(C)C(C)C.C=CC(C)C(C)C.C=CC(C)C(C)C(C=C)C(C)C. The van der Waals surface area contributed by atoms with E-state index in [1.807, 2.05) is 56.4 Å². The predicted octanol–water partition coefficient (Wildman–Crippen LogP) is 12.3. The number of hydrogen-bond donors (Lipinski definition) is 0. The molecule has 0 aromatic rings. The first-order valence-corrected chi connectivity index (χ1v) is 13.7. The summed E-state index contributed by atoms with van der Waals surface area (Å²) in [5.41, 5.74) is 0. The van der Waals surface area contributed by atoms with E-state index >= 15 is 0 Å². The molecule has 0 heterocycles. The lowest BCUT2D eigenvalue weighted by molar-refractivity contribution is 0.283. The Morgan fingerprint density at radius 3 is 0.806 bits per heavy atom. The molecule has 0 amide bonds. The average Bonchev–Trinajstić information content (AvgIpc) is 2.84. The van der Waals surface area contributed by atoms with Gasteiger partial charge in [0.15, 0.2) is 0 Å². The summed E-state index contributed by atoms with van der Waals surface area (Å²) in [5, 5.41) is 0. The lowest BCUT2D eigenvalue weighted by Gasteiger charge is -2.27. The van der Waals surface area contributed by atoms with Crippen molar-refractivity contribution in [2.45, 2.75) is 83.1 Å². The zero-order valence-electron chi connectivity index (χ0n) is 26.6. The van der Waals surface area contributed by atoms with Crippen LogP contribution in [0.5, 0.6) is 0 Å². The fourth-order valence-corrected chi connectivity index (χ4v) is 2.48. The Labute approximate surface area is 230 Å². The minimum atomic E-state index is 0.579. The van der Waals surface area contributed by atoms with Crippen LogP contribution in [-0.2, 0) is 0 Å². The zero-order chi connectivity index (χ0) is 29.7. The molecule has 0 aromatic carbocycles. The van der Waals surface area contributed by atoms with Crippen molar-refractivity contribution in [3.8, 4) is 0 Å². The number of rotatable bonds is 11. The van der Waals surface area contributed by atoms with E-state index in [0.29, 0.717) is 35.5 Å². The fourth-order valence-electron chi connectivity index (χ4n) is 2.48. The number of allylic oxidation sites excluding steroid dienone is 10. The summed E-state index contributed by atoms with van der Waals surface area (Å²) >= 11 is 0. The van der Waals surface area contributed by atoms with Gasteiger partial charge in [0.2, 0.25) is 0 Å². The summed E-state index contributed by atoms with van der Waals surface area (Å²) in [7, 11) is 0. The van der Waals surface area contributed by atoms with Gasteiger partial charge in [-0.3, -0.25) is 0 Å². The number of hydrogen-bond acceptors (Lipinski definition) is 0. The molecule has 0 rings (SSSR count). The molecule has 210 valence electrons. The lowest BCUT2D eigenvalue weighted by Crippen LogP contribution is -2.20. The predicted molar refractivity (Wildman–Crippen MR) is 175 cm³/mol. The third kappa shape index (κ3) is 34.1. The molecule has 0 heteroatoms. The second-order valence-electron chi connectivity index (χ2n) is 10.2. The zero-order valence-corrected chi connectivity index (χ0v) is 26.6. The Morgan fingerprint density at radius 1 is 0.417 bits per heavy atom. The summed E-state index contributed by atoms with van der Waals surface area (Å²) in [6.07, 6.45) is 19.2. The van der Waals surface area contributed by atoms with Gasteiger partial charge in [-0.05, 0) is 61.2 Å². The third-order valence-electron chi connectivity index (χ3n) is 6.35. The Morgan fingerprint density at radius 2 is 0.722 bits per heavy atom. The fraction of sp³-hybridized carbons (Fsp3) is 0.556. The van der Waals surface area contributed by atoms with E-state index in [9.17, 15) is 0 Å². The Bertz CT molecular complexity index is 533. The maximum atomic E-state index is 3.89. The van der Waals surface area contributed by atoms with Crippen molar-refractivity contribution in [3.05, 3.63) is 100 Å². The largest absolute Gasteiger partial charge is 0.103 e. The lowest BCUT2D eigenvalue weighted by atomic mass is 9.78. The molecule has 0 fully saturated rings. The molecule has 0 N–H and O–H groups in total. The van der Waals surface area contributed by atoms with Gasteiger partial charge in [-0.1, -0.05) is 143 Å². The molecule has 5 unspecified atom stereocenters. The Kier molecular flexibility index (Phi) is 40.2. The van der Waals surface area contributed by atoms with Crippen LogP contribution in [0.4, 0.5) is 0 Å². The first-order chi connectivity index (χ1) is 16.7. The molecule has 0 aromatic heterocycles. The second kappa shape index (κ2) is 32.9. The van der Waals surface area contributed by atoms with E-state index in [1.165, 1.54) is 0 Å². The van der Waals surface area contributed by atoms with Crippen molar-refractivity contribution in [3.63, 3.8) is 0 Å². The van der Waals surface area contributed by atoms with Crippen molar-refractivity contribution in [1.29, 1.82) is 0 Å². The van der Waals surface area contributed by atoms with Crippen LogP contribution in [0, 0.1) is 47.3 Å².